The van der Waals surface area contributed by atoms with E-state index in [1.54, 1.807) is 6.07 Å². The van der Waals surface area contributed by atoms with Crippen molar-refractivity contribution in [3.05, 3.63) is 52.2 Å². The first-order valence-electron chi connectivity index (χ1n) is 7.44. The summed E-state index contributed by atoms with van der Waals surface area (Å²) >= 11 is 5.86. The summed E-state index contributed by atoms with van der Waals surface area (Å²) in [4.78, 5) is 0. The van der Waals surface area contributed by atoms with Gasteiger partial charge in [-0.1, -0.05) is 23.7 Å². The van der Waals surface area contributed by atoms with Gasteiger partial charge in [0, 0.05) is 11.1 Å². The number of hydrogen-bond acceptors (Lipinski definition) is 5. The summed E-state index contributed by atoms with van der Waals surface area (Å²) in [5.41, 5.74) is 2.86. The lowest BCUT2D eigenvalue weighted by Crippen LogP contribution is -2.24. The van der Waals surface area contributed by atoms with E-state index in [1.165, 1.54) is 0 Å². The molecule has 0 radical (unpaired) electrons. The van der Waals surface area contributed by atoms with Gasteiger partial charge in [0.05, 0.1) is 18.4 Å². The van der Waals surface area contributed by atoms with Crippen molar-refractivity contribution in [1.29, 1.82) is 0 Å². The Labute approximate surface area is 141 Å². The zero-order chi connectivity index (χ0) is 16.8. The fourth-order valence-corrected chi connectivity index (χ4v) is 2.03. The Morgan fingerprint density at radius 2 is 1.83 bits per heavy atom. The smallest absolute Gasteiger partial charge is 0.233 e. The van der Waals surface area contributed by atoms with Crippen molar-refractivity contribution in [2.24, 2.45) is 0 Å². The zero-order valence-electron chi connectivity index (χ0n) is 13.5. The van der Waals surface area contributed by atoms with E-state index in [4.69, 9.17) is 21.1 Å². The monoisotopic (exact) mass is 336 g/mol. The van der Waals surface area contributed by atoms with E-state index in [9.17, 15) is 5.11 Å². The van der Waals surface area contributed by atoms with Crippen molar-refractivity contribution in [1.82, 2.24) is 10.2 Å². The molecule has 0 aliphatic heterocycles. The first-order chi connectivity index (χ1) is 11.0. The Balaban J connectivity index is 1.77. The highest BCUT2D eigenvalue weighted by Crippen LogP contribution is 2.19. The Bertz CT molecular complexity index is 634. The van der Waals surface area contributed by atoms with Crippen LogP contribution >= 0.6 is 11.6 Å². The number of rotatable bonds is 7. The molecule has 0 aliphatic carbocycles. The van der Waals surface area contributed by atoms with E-state index in [-0.39, 0.29) is 19.3 Å². The molecule has 1 aromatic heterocycles. The number of aromatic nitrogens is 2. The van der Waals surface area contributed by atoms with Crippen LogP contribution < -0.4 is 4.74 Å². The second-order valence-electron chi connectivity index (χ2n) is 5.44. The highest BCUT2D eigenvalue weighted by Gasteiger charge is 2.11. The van der Waals surface area contributed by atoms with Crippen molar-refractivity contribution in [3.8, 4) is 5.88 Å². The lowest BCUT2D eigenvalue weighted by Gasteiger charge is -2.17. The van der Waals surface area contributed by atoms with Crippen LogP contribution in [0.3, 0.4) is 0 Å². The molecule has 0 spiro atoms. The molecule has 2 atom stereocenters. The Kier molecular flexibility index (Phi) is 6.33. The molecule has 0 fully saturated rings. The topological polar surface area (TPSA) is 64.5 Å². The minimum Gasteiger partial charge on any atom is -0.474 e. The van der Waals surface area contributed by atoms with Gasteiger partial charge in [0.15, 0.2) is 0 Å². The maximum absolute atomic E-state index is 9.95. The predicted octanol–water partition coefficient (Wildman–Crippen LogP) is 3.26. The fraction of sp³-hybridized carbons (Fsp3) is 0.412. The molecule has 0 amide bonds. The molecule has 0 saturated heterocycles. The van der Waals surface area contributed by atoms with Crippen molar-refractivity contribution in [3.63, 3.8) is 0 Å². The van der Waals surface area contributed by atoms with Crippen molar-refractivity contribution in [2.75, 3.05) is 13.2 Å². The molecule has 0 bridgehead atoms. The summed E-state index contributed by atoms with van der Waals surface area (Å²) in [5, 5.41) is 18.5. The molecule has 2 unspecified atom stereocenters. The molecule has 124 valence electrons. The highest BCUT2D eigenvalue weighted by atomic mass is 35.5. The SMILES string of the molecule is Cc1cc(OCC(O)COC(C)c2ccc(Cl)cc2)nnc1C. The largest absolute Gasteiger partial charge is 0.474 e. The average Bonchev–Trinajstić information content (AvgIpc) is 2.54. The Morgan fingerprint density at radius 3 is 2.48 bits per heavy atom. The van der Waals surface area contributed by atoms with Crippen LogP contribution in [0, 0.1) is 13.8 Å². The van der Waals surface area contributed by atoms with Gasteiger partial charge in [-0.3, -0.25) is 0 Å². The average molecular weight is 337 g/mol. The first-order valence-corrected chi connectivity index (χ1v) is 7.82. The van der Waals surface area contributed by atoms with E-state index in [1.807, 2.05) is 45.0 Å². The summed E-state index contributed by atoms with van der Waals surface area (Å²) in [7, 11) is 0. The number of nitrogens with zero attached hydrogens (tertiary/aromatic N) is 2. The van der Waals surface area contributed by atoms with Gasteiger partial charge in [0.2, 0.25) is 5.88 Å². The maximum Gasteiger partial charge on any atom is 0.233 e. The lowest BCUT2D eigenvalue weighted by atomic mass is 10.1. The molecule has 1 N–H and O–H groups in total. The summed E-state index contributed by atoms with van der Waals surface area (Å²) in [6, 6.07) is 9.23. The fourth-order valence-electron chi connectivity index (χ4n) is 1.91. The molecule has 23 heavy (non-hydrogen) atoms. The third-order valence-electron chi connectivity index (χ3n) is 3.51. The number of hydrogen-bond donors (Lipinski definition) is 1. The third kappa shape index (κ3) is 5.46. The van der Waals surface area contributed by atoms with Gasteiger partial charge < -0.3 is 14.6 Å². The molecule has 5 nitrogen and oxygen atoms in total. The van der Waals surface area contributed by atoms with Gasteiger partial charge in [0.25, 0.3) is 0 Å². The minimum absolute atomic E-state index is 0.102. The second kappa shape index (κ2) is 8.24. The zero-order valence-corrected chi connectivity index (χ0v) is 14.2. The van der Waals surface area contributed by atoms with E-state index in [2.05, 4.69) is 10.2 Å². The lowest BCUT2D eigenvalue weighted by molar-refractivity contribution is -0.0200. The van der Waals surface area contributed by atoms with Gasteiger partial charge >= 0.3 is 0 Å². The summed E-state index contributed by atoms with van der Waals surface area (Å²) < 4.78 is 11.1. The molecule has 1 aromatic carbocycles. The van der Waals surface area contributed by atoms with Gasteiger partial charge in [-0.25, -0.2) is 0 Å². The molecule has 2 aromatic rings. The number of benzene rings is 1. The van der Waals surface area contributed by atoms with Crippen LogP contribution in [0.15, 0.2) is 30.3 Å². The number of halogens is 1. The Morgan fingerprint density at radius 1 is 1.13 bits per heavy atom. The molecule has 2 rings (SSSR count). The maximum atomic E-state index is 9.95. The predicted molar refractivity (Wildman–Crippen MR) is 88.8 cm³/mol. The first kappa shape index (κ1) is 17.7. The number of aliphatic hydroxyl groups is 1. The summed E-state index contributed by atoms with van der Waals surface area (Å²) in [6.45, 7) is 6.01. The van der Waals surface area contributed by atoms with E-state index < -0.39 is 6.10 Å². The molecular formula is C17H21ClN2O3. The van der Waals surface area contributed by atoms with Crippen LogP contribution in [-0.4, -0.2) is 34.6 Å². The van der Waals surface area contributed by atoms with Crippen LogP contribution in [-0.2, 0) is 4.74 Å². The molecule has 0 aliphatic rings. The van der Waals surface area contributed by atoms with Crippen molar-refractivity contribution < 1.29 is 14.6 Å². The number of aryl methyl sites for hydroxylation is 2. The normalized spacial score (nSPS) is 13.6. The van der Waals surface area contributed by atoms with E-state index in [0.29, 0.717) is 10.9 Å². The number of ether oxygens (including phenoxy) is 2. The second-order valence-corrected chi connectivity index (χ2v) is 5.88. The summed E-state index contributed by atoms with van der Waals surface area (Å²) in [5.74, 6) is 0.401. The van der Waals surface area contributed by atoms with E-state index in [0.717, 1.165) is 16.8 Å². The quantitative estimate of drug-likeness (QED) is 0.840. The van der Waals surface area contributed by atoms with Crippen LogP contribution in [0.25, 0.3) is 0 Å². The molecule has 1 heterocycles. The van der Waals surface area contributed by atoms with Crippen LogP contribution in [0.1, 0.15) is 29.8 Å². The van der Waals surface area contributed by atoms with Gasteiger partial charge in [-0.15, -0.1) is 5.10 Å². The van der Waals surface area contributed by atoms with Gasteiger partial charge in [0.1, 0.15) is 12.7 Å². The van der Waals surface area contributed by atoms with E-state index >= 15 is 0 Å². The summed E-state index contributed by atoms with van der Waals surface area (Å²) in [6.07, 6.45) is -0.878. The molecule has 0 saturated carbocycles. The third-order valence-corrected chi connectivity index (χ3v) is 3.76. The highest BCUT2D eigenvalue weighted by molar-refractivity contribution is 6.30. The standard InChI is InChI=1S/C17H21ClN2O3/c1-11-8-17(20-19-12(11)2)23-10-16(21)9-22-13(3)14-4-6-15(18)7-5-14/h4-8,13,16,21H,9-10H2,1-3H3. The van der Waals surface area contributed by atoms with Crippen molar-refractivity contribution in [2.45, 2.75) is 33.0 Å². The van der Waals surface area contributed by atoms with Gasteiger partial charge in [-0.05, 0) is 44.0 Å². The molecular weight excluding hydrogens is 316 g/mol. The van der Waals surface area contributed by atoms with Crippen LogP contribution in [0.5, 0.6) is 5.88 Å². The van der Waals surface area contributed by atoms with Crippen molar-refractivity contribution >= 4 is 11.6 Å². The van der Waals surface area contributed by atoms with Gasteiger partial charge in [-0.2, -0.15) is 5.10 Å². The van der Waals surface area contributed by atoms with Crippen LogP contribution in [0.2, 0.25) is 5.02 Å². The van der Waals surface area contributed by atoms with Crippen LogP contribution in [0.4, 0.5) is 0 Å². The molecule has 6 heteroatoms. The Hall–Kier alpha value is -1.69. The minimum atomic E-state index is -0.742. The number of aliphatic hydroxyl groups excluding tert-OH is 1.